The molecule has 5 nitrogen and oxygen atoms in total. The van der Waals surface area contributed by atoms with Crippen LogP contribution in [0.2, 0.25) is 0 Å². The summed E-state index contributed by atoms with van der Waals surface area (Å²) in [5.74, 6) is -0.254. The summed E-state index contributed by atoms with van der Waals surface area (Å²) in [7, 11) is -3.25. The molecule has 0 aromatic rings. The monoisotopic (exact) mass is 335 g/mol. The van der Waals surface area contributed by atoms with Crippen LogP contribution in [0.3, 0.4) is 0 Å². The van der Waals surface area contributed by atoms with E-state index in [9.17, 15) is 13.2 Å². The van der Waals surface area contributed by atoms with Crippen molar-refractivity contribution in [3.8, 4) is 0 Å². The fourth-order valence-corrected chi connectivity index (χ4v) is 2.90. The molecule has 0 rings (SSSR count). The molecule has 0 spiro atoms. The van der Waals surface area contributed by atoms with E-state index in [0.29, 0.717) is 6.42 Å². The Morgan fingerprint density at radius 2 is 1.55 bits per heavy atom. The van der Waals surface area contributed by atoms with Gasteiger partial charge in [0, 0.05) is 6.54 Å². The molecule has 0 heterocycles. The molecule has 6 heteroatoms. The van der Waals surface area contributed by atoms with Crippen LogP contribution in [0.25, 0.3) is 0 Å². The van der Waals surface area contributed by atoms with Crippen molar-refractivity contribution in [2.24, 2.45) is 16.2 Å². The highest BCUT2D eigenvalue weighted by Crippen LogP contribution is 2.47. The molecule has 1 unspecified atom stereocenters. The summed E-state index contributed by atoms with van der Waals surface area (Å²) in [5, 5.41) is 0. The minimum atomic E-state index is -3.25. The van der Waals surface area contributed by atoms with Gasteiger partial charge in [-0.3, -0.25) is 4.79 Å². The summed E-state index contributed by atoms with van der Waals surface area (Å²) in [6.45, 7) is 16.0. The molecule has 0 bridgehead atoms. The molecular weight excluding hydrogens is 302 g/mol. The minimum absolute atomic E-state index is 0.00908. The third-order valence-electron chi connectivity index (χ3n) is 4.03. The van der Waals surface area contributed by atoms with Crippen molar-refractivity contribution in [1.29, 1.82) is 0 Å². The second-order valence-corrected chi connectivity index (χ2v) is 10.3. The first-order valence-electron chi connectivity index (χ1n) is 7.79. The van der Waals surface area contributed by atoms with Gasteiger partial charge in [-0.25, -0.2) is 13.1 Å². The molecule has 0 aliphatic rings. The molecule has 1 atom stereocenters. The van der Waals surface area contributed by atoms with Crippen molar-refractivity contribution in [3.63, 3.8) is 0 Å². The van der Waals surface area contributed by atoms with Crippen molar-refractivity contribution >= 4 is 16.0 Å². The van der Waals surface area contributed by atoms with E-state index < -0.39 is 15.4 Å². The zero-order chi connectivity index (χ0) is 17.8. The summed E-state index contributed by atoms with van der Waals surface area (Å²) in [4.78, 5) is 12.6. The van der Waals surface area contributed by atoms with Gasteiger partial charge in [-0.15, -0.1) is 0 Å². The van der Waals surface area contributed by atoms with Crippen LogP contribution in [-0.4, -0.2) is 33.3 Å². The largest absolute Gasteiger partial charge is 0.464 e. The van der Waals surface area contributed by atoms with Crippen LogP contribution in [0.5, 0.6) is 0 Å². The number of rotatable bonds is 7. The number of nitrogens with one attached hydrogen (secondary N) is 1. The van der Waals surface area contributed by atoms with Crippen LogP contribution in [0.4, 0.5) is 0 Å². The van der Waals surface area contributed by atoms with Crippen LogP contribution in [0.15, 0.2) is 0 Å². The number of hydrogen-bond donors (Lipinski definition) is 1. The van der Waals surface area contributed by atoms with Gasteiger partial charge in [0.2, 0.25) is 10.0 Å². The third kappa shape index (κ3) is 6.65. The molecule has 0 aromatic carbocycles. The Balaban J connectivity index is 4.82. The van der Waals surface area contributed by atoms with Crippen LogP contribution >= 0.6 is 0 Å². The van der Waals surface area contributed by atoms with E-state index in [0.717, 1.165) is 0 Å². The molecule has 0 aromatic heterocycles. The number of ether oxygens (including phenoxy) is 1. The molecule has 0 aliphatic carbocycles. The molecule has 0 saturated carbocycles. The molecule has 22 heavy (non-hydrogen) atoms. The van der Waals surface area contributed by atoms with Gasteiger partial charge in [0.25, 0.3) is 0 Å². The average Bonchev–Trinajstić information content (AvgIpc) is 2.30. The fourth-order valence-electron chi connectivity index (χ4n) is 2.31. The Morgan fingerprint density at radius 3 is 1.91 bits per heavy atom. The van der Waals surface area contributed by atoms with Gasteiger partial charge in [-0.2, -0.15) is 0 Å². The second kappa shape index (κ2) is 7.30. The van der Waals surface area contributed by atoms with Gasteiger partial charge < -0.3 is 4.74 Å². The van der Waals surface area contributed by atoms with Crippen LogP contribution in [0, 0.1) is 16.2 Å². The van der Waals surface area contributed by atoms with Crippen molar-refractivity contribution < 1.29 is 17.9 Å². The van der Waals surface area contributed by atoms with Gasteiger partial charge in [0.15, 0.2) is 0 Å². The zero-order valence-corrected chi connectivity index (χ0v) is 16.2. The Bertz CT molecular complexity index is 471. The van der Waals surface area contributed by atoms with Crippen molar-refractivity contribution in [1.82, 2.24) is 4.72 Å². The lowest BCUT2D eigenvalue weighted by Gasteiger charge is -2.43. The summed E-state index contributed by atoms with van der Waals surface area (Å²) in [5.41, 5.74) is -0.889. The predicted molar refractivity (Wildman–Crippen MR) is 90.1 cm³/mol. The van der Waals surface area contributed by atoms with E-state index in [1.165, 1.54) is 0 Å². The molecule has 0 aliphatic heterocycles. The van der Waals surface area contributed by atoms with E-state index in [1.54, 1.807) is 6.92 Å². The standard InChI is InChI=1S/C16H33NO4S/c1-9-22(19,20)17-10-11-21-13(18)16(8,15(5,6)7)12-14(2,3)4/h17H,9-12H2,1-8H3. The van der Waals surface area contributed by atoms with E-state index in [1.807, 2.05) is 27.7 Å². The third-order valence-corrected chi connectivity index (χ3v) is 5.43. The van der Waals surface area contributed by atoms with Gasteiger partial charge >= 0.3 is 5.97 Å². The molecule has 0 amide bonds. The molecule has 0 radical (unpaired) electrons. The van der Waals surface area contributed by atoms with Crippen LogP contribution < -0.4 is 4.72 Å². The van der Waals surface area contributed by atoms with E-state index in [4.69, 9.17) is 4.74 Å². The van der Waals surface area contributed by atoms with Gasteiger partial charge in [0.05, 0.1) is 11.2 Å². The molecule has 132 valence electrons. The number of esters is 1. The number of hydrogen-bond acceptors (Lipinski definition) is 4. The predicted octanol–water partition coefficient (Wildman–Crippen LogP) is 2.96. The Morgan fingerprint density at radius 1 is 1.05 bits per heavy atom. The number of sulfonamides is 1. The molecule has 1 N–H and O–H groups in total. The lowest BCUT2D eigenvalue weighted by molar-refractivity contribution is -0.164. The van der Waals surface area contributed by atoms with E-state index in [2.05, 4.69) is 25.5 Å². The Labute approximate surface area is 136 Å². The number of carbonyl (C=O) groups excluding carboxylic acids is 1. The second-order valence-electron chi connectivity index (χ2n) is 8.25. The quantitative estimate of drug-likeness (QED) is 0.573. The maximum Gasteiger partial charge on any atom is 0.312 e. The summed E-state index contributed by atoms with van der Waals surface area (Å²) >= 11 is 0. The van der Waals surface area contributed by atoms with Crippen molar-refractivity contribution in [2.45, 2.75) is 61.8 Å². The van der Waals surface area contributed by atoms with E-state index >= 15 is 0 Å². The summed E-state index contributed by atoms with van der Waals surface area (Å²) in [6, 6.07) is 0. The maximum absolute atomic E-state index is 12.6. The van der Waals surface area contributed by atoms with Crippen molar-refractivity contribution in [2.75, 3.05) is 18.9 Å². The molecule has 0 fully saturated rings. The molecule has 0 saturated heterocycles. The Kier molecular flexibility index (Phi) is 7.09. The zero-order valence-electron chi connectivity index (χ0n) is 15.4. The number of carbonyl (C=O) groups is 1. The van der Waals surface area contributed by atoms with Crippen molar-refractivity contribution in [3.05, 3.63) is 0 Å². The average molecular weight is 336 g/mol. The first-order valence-corrected chi connectivity index (χ1v) is 9.44. The van der Waals surface area contributed by atoms with Gasteiger partial charge in [-0.05, 0) is 31.1 Å². The van der Waals surface area contributed by atoms with Crippen LogP contribution in [-0.2, 0) is 19.6 Å². The molecular formula is C16H33NO4S. The first kappa shape index (κ1) is 21.4. The minimum Gasteiger partial charge on any atom is -0.464 e. The Hall–Kier alpha value is -0.620. The maximum atomic E-state index is 12.6. The highest BCUT2D eigenvalue weighted by molar-refractivity contribution is 7.89. The SMILES string of the molecule is CCS(=O)(=O)NCCOC(=O)C(C)(CC(C)(C)C)C(C)(C)C. The highest BCUT2D eigenvalue weighted by Gasteiger charge is 2.47. The van der Waals surface area contributed by atoms with Gasteiger partial charge in [0.1, 0.15) is 6.61 Å². The fraction of sp³-hybridized carbons (Fsp3) is 0.938. The highest BCUT2D eigenvalue weighted by atomic mass is 32.2. The lowest BCUT2D eigenvalue weighted by Crippen LogP contribution is -2.45. The summed E-state index contributed by atoms with van der Waals surface area (Å²) < 4.78 is 30.4. The van der Waals surface area contributed by atoms with E-state index in [-0.39, 0.29) is 35.7 Å². The summed E-state index contributed by atoms with van der Waals surface area (Å²) in [6.07, 6.45) is 0.697. The topological polar surface area (TPSA) is 72.5 Å². The van der Waals surface area contributed by atoms with Crippen LogP contribution in [0.1, 0.15) is 61.8 Å². The van der Waals surface area contributed by atoms with Gasteiger partial charge in [-0.1, -0.05) is 41.5 Å². The normalized spacial score (nSPS) is 16.2. The lowest BCUT2D eigenvalue weighted by atomic mass is 9.61. The smallest absolute Gasteiger partial charge is 0.312 e. The first-order chi connectivity index (χ1) is 9.65.